The minimum absolute atomic E-state index is 0.0300. The van der Waals surface area contributed by atoms with E-state index in [2.05, 4.69) is 0 Å². The molecule has 0 aliphatic rings. The van der Waals surface area contributed by atoms with Crippen molar-refractivity contribution in [2.45, 2.75) is 10.7 Å². The highest BCUT2D eigenvalue weighted by molar-refractivity contribution is 7.91. The molecule has 0 saturated carbocycles. The number of hydrogen-bond donors (Lipinski definition) is 0. The molecule has 6 nitrogen and oxygen atoms in total. The number of fused-ring (bicyclic) bond motifs is 1. The molecule has 140 valence electrons. The average Bonchev–Trinajstić information content (AvgIpc) is 3.10. The summed E-state index contributed by atoms with van der Waals surface area (Å²) in [6, 6.07) is 12.3. The van der Waals surface area contributed by atoms with Crippen molar-refractivity contribution in [3.8, 4) is 0 Å². The van der Waals surface area contributed by atoms with Gasteiger partial charge >= 0.3 is 11.7 Å². The van der Waals surface area contributed by atoms with Crippen molar-refractivity contribution < 1.29 is 35.9 Å². The number of sulfone groups is 1. The van der Waals surface area contributed by atoms with Gasteiger partial charge < -0.3 is 9.15 Å². The summed E-state index contributed by atoms with van der Waals surface area (Å²) in [4.78, 5) is 23.4. The van der Waals surface area contributed by atoms with E-state index in [1.165, 1.54) is 6.07 Å². The van der Waals surface area contributed by atoms with Gasteiger partial charge in [0.05, 0.1) is 10.5 Å². The normalized spacial score (nSPS) is 11.7. The number of halogens is 2. The molecule has 0 bridgehead atoms. The Kier molecular flexibility index (Phi) is 5.04. The third-order valence-corrected chi connectivity index (χ3v) is 5.09. The van der Waals surface area contributed by atoms with E-state index in [0.717, 1.165) is 29.7 Å². The molecule has 0 fully saturated rings. The molecule has 3 aromatic rings. The van der Waals surface area contributed by atoms with E-state index in [0.29, 0.717) is 5.58 Å². The number of ether oxygens (including phenoxy) is 1. The van der Waals surface area contributed by atoms with E-state index in [9.17, 15) is 26.8 Å². The largest absolute Gasteiger partial charge is 0.454 e. The molecule has 0 aliphatic carbocycles. The number of carbonyl (C=O) groups excluding carboxylic acids is 2. The molecule has 0 saturated heterocycles. The number of Topliss-reactive ketones (excluding diaryl/α,β-unsaturated/α-hetero) is 1. The van der Waals surface area contributed by atoms with Crippen molar-refractivity contribution in [1.82, 2.24) is 0 Å². The summed E-state index contributed by atoms with van der Waals surface area (Å²) >= 11 is 0. The number of para-hydroxylation sites is 1. The van der Waals surface area contributed by atoms with Crippen LogP contribution < -0.4 is 0 Å². The van der Waals surface area contributed by atoms with Gasteiger partial charge in [0, 0.05) is 5.39 Å². The van der Waals surface area contributed by atoms with Crippen LogP contribution in [0.3, 0.4) is 0 Å². The first-order valence-corrected chi connectivity index (χ1v) is 9.14. The molecular formula is C18H12F2O6S. The van der Waals surface area contributed by atoms with Crippen LogP contribution in [0.1, 0.15) is 20.9 Å². The maximum Gasteiger partial charge on any atom is 0.341 e. The fourth-order valence-corrected chi connectivity index (χ4v) is 3.01. The fourth-order valence-electron chi connectivity index (χ4n) is 2.29. The number of alkyl halides is 2. The lowest BCUT2D eigenvalue weighted by Gasteiger charge is -2.05. The molecule has 0 unspecified atom stereocenters. The predicted molar refractivity (Wildman–Crippen MR) is 90.5 cm³/mol. The second-order valence-corrected chi connectivity index (χ2v) is 7.40. The smallest absolute Gasteiger partial charge is 0.341 e. The number of esters is 1. The summed E-state index contributed by atoms with van der Waals surface area (Å²) in [6.07, 6.45) is 0. The van der Waals surface area contributed by atoms with Crippen LogP contribution in [0.4, 0.5) is 8.78 Å². The Morgan fingerprint density at radius 2 is 1.70 bits per heavy atom. The van der Waals surface area contributed by atoms with Crippen LogP contribution in [0.5, 0.6) is 0 Å². The predicted octanol–water partition coefficient (Wildman–Crippen LogP) is 3.47. The van der Waals surface area contributed by atoms with Crippen molar-refractivity contribution in [2.75, 3.05) is 6.61 Å². The summed E-state index contributed by atoms with van der Waals surface area (Å²) in [5.41, 5.74) is 0.434. The highest BCUT2D eigenvalue weighted by atomic mass is 32.2. The van der Waals surface area contributed by atoms with Gasteiger partial charge in [0.15, 0.2) is 12.4 Å². The number of benzene rings is 2. The lowest BCUT2D eigenvalue weighted by atomic mass is 10.2. The van der Waals surface area contributed by atoms with Gasteiger partial charge in [0.1, 0.15) is 5.58 Å². The zero-order valence-electron chi connectivity index (χ0n) is 13.6. The van der Waals surface area contributed by atoms with Crippen molar-refractivity contribution in [3.05, 3.63) is 65.9 Å². The number of hydrogen-bond acceptors (Lipinski definition) is 6. The molecular weight excluding hydrogens is 382 g/mol. The van der Waals surface area contributed by atoms with E-state index < -0.39 is 38.8 Å². The van der Waals surface area contributed by atoms with E-state index in [4.69, 9.17) is 9.15 Å². The third-order valence-electron chi connectivity index (χ3n) is 3.69. The van der Waals surface area contributed by atoms with E-state index in [1.54, 1.807) is 24.3 Å². The molecule has 9 heteroatoms. The number of rotatable bonds is 6. The Hall–Kier alpha value is -3.07. The first kappa shape index (κ1) is 18.7. The molecule has 27 heavy (non-hydrogen) atoms. The molecule has 0 spiro atoms. The van der Waals surface area contributed by atoms with Gasteiger partial charge in [-0.2, -0.15) is 8.78 Å². The quantitative estimate of drug-likeness (QED) is 0.470. The molecule has 1 heterocycles. The van der Waals surface area contributed by atoms with Gasteiger partial charge in [-0.15, -0.1) is 0 Å². The van der Waals surface area contributed by atoms with Gasteiger partial charge in [-0.3, -0.25) is 4.79 Å². The van der Waals surface area contributed by atoms with Crippen LogP contribution in [-0.4, -0.2) is 32.5 Å². The molecule has 0 aliphatic heterocycles. The second kappa shape index (κ2) is 7.28. The zero-order chi connectivity index (χ0) is 19.6. The van der Waals surface area contributed by atoms with Crippen LogP contribution in [0.2, 0.25) is 0 Å². The SMILES string of the molecule is O=C(OCC(=O)c1cc2ccccc2o1)c1ccc(S(=O)(=O)C(F)F)cc1. The molecule has 1 aromatic heterocycles. The molecule has 3 rings (SSSR count). The van der Waals surface area contributed by atoms with E-state index in [-0.39, 0.29) is 11.3 Å². The van der Waals surface area contributed by atoms with Crippen LogP contribution >= 0.6 is 0 Å². The summed E-state index contributed by atoms with van der Waals surface area (Å²) in [7, 11) is -4.75. The summed E-state index contributed by atoms with van der Waals surface area (Å²) in [6.45, 7) is -0.588. The topological polar surface area (TPSA) is 90.7 Å². The Bertz CT molecular complexity index is 1070. The summed E-state index contributed by atoms with van der Waals surface area (Å²) in [5.74, 6) is -4.99. The lowest BCUT2D eigenvalue weighted by molar-refractivity contribution is 0.0468. The Morgan fingerprint density at radius 3 is 2.33 bits per heavy atom. The van der Waals surface area contributed by atoms with Crippen LogP contribution in [0.25, 0.3) is 11.0 Å². The van der Waals surface area contributed by atoms with Gasteiger partial charge in [-0.05, 0) is 36.4 Å². The maximum atomic E-state index is 12.5. The molecule has 0 N–H and O–H groups in total. The summed E-state index contributed by atoms with van der Waals surface area (Å²) in [5, 5.41) is 0.725. The number of furan rings is 1. The Labute approximate surface area is 152 Å². The van der Waals surface area contributed by atoms with Crippen molar-refractivity contribution in [1.29, 1.82) is 0 Å². The van der Waals surface area contributed by atoms with Crippen molar-refractivity contribution >= 4 is 32.6 Å². The molecule has 0 atom stereocenters. The standard InChI is InChI=1S/C18H12F2O6S/c19-18(20)27(23,24)13-7-5-11(6-8-13)17(22)25-10-14(21)16-9-12-3-1-2-4-15(12)26-16/h1-9,18H,10H2. The second-order valence-electron chi connectivity index (χ2n) is 5.48. The number of carbonyl (C=O) groups is 2. The molecule has 0 amide bonds. The first-order valence-electron chi connectivity index (χ1n) is 7.60. The third kappa shape index (κ3) is 3.87. The van der Waals surface area contributed by atoms with Gasteiger partial charge in [0.25, 0.3) is 0 Å². The van der Waals surface area contributed by atoms with Gasteiger partial charge in [-0.25, -0.2) is 13.2 Å². The maximum absolute atomic E-state index is 12.5. The fraction of sp³-hybridized carbons (Fsp3) is 0.111. The minimum atomic E-state index is -4.75. The van der Waals surface area contributed by atoms with Crippen LogP contribution in [0, 0.1) is 0 Å². The van der Waals surface area contributed by atoms with Crippen LogP contribution in [0.15, 0.2) is 63.9 Å². The van der Waals surface area contributed by atoms with Crippen molar-refractivity contribution in [2.24, 2.45) is 0 Å². The van der Waals surface area contributed by atoms with E-state index in [1.807, 2.05) is 0 Å². The van der Waals surface area contributed by atoms with Gasteiger partial charge in [0.2, 0.25) is 15.6 Å². The highest BCUT2D eigenvalue weighted by Crippen LogP contribution is 2.20. The van der Waals surface area contributed by atoms with Gasteiger partial charge in [-0.1, -0.05) is 18.2 Å². The molecule has 2 aromatic carbocycles. The monoisotopic (exact) mass is 394 g/mol. The lowest BCUT2D eigenvalue weighted by Crippen LogP contribution is -2.14. The minimum Gasteiger partial charge on any atom is -0.454 e. The highest BCUT2D eigenvalue weighted by Gasteiger charge is 2.26. The first-order chi connectivity index (χ1) is 12.8. The average molecular weight is 394 g/mol. The Balaban J connectivity index is 1.66. The van der Waals surface area contributed by atoms with Crippen molar-refractivity contribution in [3.63, 3.8) is 0 Å². The molecule has 0 radical (unpaired) electrons. The van der Waals surface area contributed by atoms with Crippen LogP contribution in [-0.2, 0) is 14.6 Å². The van der Waals surface area contributed by atoms with E-state index >= 15 is 0 Å². The zero-order valence-corrected chi connectivity index (χ0v) is 14.4. The Morgan fingerprint density at radius 1 is 1.04 bits per heavy atom. The number of ketones is 1. The summed E-state index contributed by atoms with van der Waals surface area (Å²) < 4.78 is 57.9.